The van der Waals surface area contributed by atoms with Gasteiger partial charge in [0.1, 0.15) is 23.0 Å². The number of nitriles is 2. The van der Waals surface area contributed by atoms with Crippen molar-refractivity contribution >= 4 is 39.4 Å². The molecule has 0 fully saturated rings. The van der Waals surface area contributed by atoms with Gasteiger partial charge in [0.05, 0.1) is 29.3 Å². The van der Waals surface area contributed by atoms with E-state index in [2.05, 4.69) is 83.4 Å². The molecule has 5 nitrogen and oxygen atoms in total. The van der Waals surface area contributed by atoms with Gasteiger partial charge in [0.25, 0.3) is 6.71 Å². The fourth-order valence-electron chi connectivity index (χ4n) is 8.28. The number of benzene rings is 6. The standard InChI is InChI=1S/C44H26BN3O2/c46-25-27-11-1-3-13-30(27)34-17-9-19-36-43(34)49-40-23-29(48-38-21-7-5-15-32(38)33-16-6-8-22-39(33)48)24-41-42(40)45(36)37-20-10-18-35(44(37)50-41)31-14-4-2-12-28(31)26-47/h1-23,29H,24H2. The van der Waals surface area contributed by atoms with E-state index in [1.807, 2.05) is 72.8 Å². The largest absolute Gasteiger partial charge is 0.462 e. The van der Waals surface area contributed by atoms with Crippen molar-refractivity contribution in [3.8, 4) is 45.9 Å². The van der Waals surface area contributed by atoms with Crippen LogP contribution in [0.5, 0.6) is 11.5 Å². The Morgan fingerprint density at radius 1 is 0.560 bits per heavy atom. The van der Waals surface area contributed by atoms with Gasteiger partial charge in [-0.3, -0.25) is 0 Å². The molecule has 7 aromatic rings. The zero-order valence-corrected chi connectivity index (χ0v) is 26.8. The van der Waals surface area contributed by atoms with Crippen LogP contribution in [-0.2, 0) is 0 Å². The Bertz CT molecular complexity index is 2690. The molecule has 0 N–H and O–H groups in total. The summed E-state index contributed by atoms with van der Waals surface area (Å²) in [4.78, 5) is 0. The number of allylic oxidation sites excluding steroid dienone is 3. The number of aromatic nitrogens is 1. The van der Waals surface area contributed by atoms with E-state index in [9.17, 15) is 10.5 Å². The summed E-state index contributed by atoms with van der Waals surface area (Å²) in [5.41, 5.74) is 9.98. The van der Waals surface area contributed by atoms with E-state index in [0.717, 1.165) is 72.7 Å². The predicted molar refractivity (Wildman–Crippen MR) is 198 cm³/mol. The second kappa shape index (κ2) is 10.9. The molecule has 2 aliphatic heterocycles. The number of para-hydroxylation sites is 4. The van der Waals surface area contributed by atoms with Crippen molar-refractivity contribution in [3.63, 3.8) is 0 Å². The highest BCUT2D eigenvalue weighted by atomic mass is 16.5. The van der Waals surface area contributed by atoms with Crippen molar-refractivity contribution in [2.24, 2.45) is 0 Å². The van der Waals surface area contributed by atoms with E-state index in [1.165, 1.54) is 10.8 Å². The van der Waals surface area contributed by atoms with Gasteiger partial charge in [0.2, 0.25) is 0 Å². The molecule has 0 spiro atoms. The summed E-state index contributed by atoms with van der Waals surface area (Å²) in [6.07, 6.45) is 2.88. The molecular weight excluding hydrogens is 613 g/mol. The van der Waals surface area contributed by atoms with Crippen molar-refractivity contribution in [2.45, 2.75) is 12.5 Å². The van der Waals surface area contributed by atoms with Crippen molar-refractivity contribution < 1.29 is 9.47 Å². The fraction of sp³-hybridized carbons (Fsp3) is 0.0455. The van der Waals surface area contributed by atoms with Crippen LogP contribution in [0.15, 0.2) is 157 Å². The van der Waals surface area contributed by atoms with Crippen LogP contribution in [0.2, 0.25) is 0 Å². The number of fused-ring (bicyclic) bond motifs is 7. The first kappa shape index (κ1) is 28.3. The first-order valence-corrected chi connectivity index (χ1v) is 16.8. The van der Waals surface area contributed by atoms with Crippen LogP contribution in [0.1, 0.15) is 23.6 Å². The van der Waals surface area contributed by atoms with E-state index < -0.39 is 0 Å². The number of rotatable bonds is 3. The number of hydrogen-bond donors (Lipinski definition) is 0. The minimum absolute atomic E-state index is 0.102. The molecule has 0 saturated heterocycles. The van der Waals surface area contributed by atoms with E-state index in [4.69, 9.17) is 9.47 Å². The Morgan fingerprint density at radius 3 is 1.64 bits per heavy atom. The summed E-state index contributed by atoms with van der Waals surface area (Å²) < 4.78 is 16.5. The molecule has 6 heteroatoms. The van der Waals surface area contributed by atoms with Gasteiger partial charge in [-0.2, -0.15) is 10.5 Å². The third-order valence-electron chi connectivity index (χ3n) is 10.4. The molecule has 0 saturated carbocycles. The molecule has 232 valence electrons. The number of nitrogens with zero attached hydrogens (tertiary/aromatic N) is 3. The molecule has 10 rings (SSSR count). The Balaban J connectivity index is 1.24. The molecule has 3 heterocycles. The van der Waals surface area contributed by atoms with Crippen LogP contribution >= 0.6 is 0 Å². The fourth-order valence-corrected chi connectivity index (χ4v) is 8.28. The van der Waals surface area contributed by atoms with Crippen LogP contribution < -0.4 is 20.4 Å². The maximum Gasteiger partial charge on any atom is 0.260 e. The Kier molecular flexibility index (Phi) is 6.16. The second-order valence-corrected chi connectivity index (χ2v) is 12.9. The Labute approximate surface area is 289 Å². The molecule has 1 atom stereocenters. The molecule has 6 aromatic carbocycles. The monoisotopic (exact) mass is 639 g/mol. The molecular formula is C44H26BN3O2. The van der Waals surface area contributed by atoms with Gasteiger partial charge in [-0.1, -0.05) is 109 Å². The Morgan fingerprint density at radius 2 is 1.06 bits per heavy atom. The molecule has 1 aliphatic carbocycles. The first-order chi connectivity index (χ1) is 24.7. The highest BCUT2D eigenvalue weighted by Gasteiger charge is 2.46. The van der Waals surface area contributed by atoms with E-state index in [1.54, 1.807) is 0 Å². The molecule has 1 unspecified atom stereocenters. The SMILES string of the molecule is N#Cc1ccccc1-c1cccc2c1OC1=CC(n3c4ccccc4c4ccccc43)CC3=C1B2c1cccc(-c2ccccc2C#N)c1O3. The minimum atomic E-state index is -0.175. The molecule has 0 bridgehead atoms. The van der Waals surface area contributed by atoms with Crippen molar-refractivity contribution in [1.29, 1.82) is 10.5 Å². The average molecular weight is 640 g/mol. The lowest BCUT2D eigenvalue weighted by Crippen LogP contribution is -2.53. The maximum atomic E-state index is 10.1. The lowest BCUT2D eigenvalue weighted by atomic mass is 9.33. The lowest BCUT2D eigenvalue weighted by molar-refractivity contribution is 0.351. The summed E-state index contributed by atoms with van der Waals surface area (Å²) in [7, 11) is 0. The summed E-state index contributed by atoms with van der Waals surface area (Å²) in [6, 6.07) is 49.6. The van der Waals surface area contributed by atoms with E-state index >= 15 is 0 Å². The predicted octanol–water partition coefficient (Wildman–Crippen LogP) is 8.59. The third-order valence-corrected chi connectivity index (χ3v) is 10.4. The summed E-state index contributed by atoms with van der Waals surface area (Å²) in [5, 5.41) is 22.6. The molecule has 0 radical (unpaired) electrons. The summed E-state index contributed by atoms with van der Waals surface area (Å²) >= 11 is 0. The van der Waals surface area contributed by atoms with Gasteiger partial charge in [0.15, 0.2) is 0 Å². The normalized spacial score (nSPS) is 15.6. The minimum Gasteiger partial charge on any atom is -0.462 e. The van der Waals surface area contributed by atoms with Crippen LogP contribution in [-0.4, -0.2) is 11.3 Å². The first-order valence-electron chi connectivity index (χ1n) is 16.8. The maximum absolute atomic E-state index is 10.1. The molecule has 1 aromatic heterocycles. The third kappa shape index (κ3) is 4.00. The number of hydrogen-bond acceptors (Lipinski definition) is 4. The highest BCUT2D eigenvalue weighted by molar-refractivity contribution is 6.93. The van der Waals surface area contributed by atoms with Crippen LogP contribution in [0.3, 0.4) is 0 Å². The van der Waals surface area contributed by atoms with E-state index in [-0.39, 0.29) is 12.8 Å². The topological polar surface area (TPSA) is 71.0 Å². The lowest BCUT2D eigenvalue weighted by Gasteiger charge is -2.39. The zero-order chi connectivity index (χ0) is 33.3. The van der Waals surface area contributed by atoms with Gasteiger partial charge >= 0.3 is 0 Å². The Hall–Kier alpha value is -6.76. The van der Waals surface area contributed by atoms with E-state index in [0.29, 0.717) is 17.5 Å². The van der Waals surface area contributed by atoms with Crippen LogP contribution in [0, 0.1) is 22.7 Å². The van der Waals surface area contributed by atoms with Gasteiger partial charge in [-0.25, -0.2) is 0 Å². The average Bonchev–Trinajstić information content (AvgIpc) is 3.51. The van der Waals surface area contributed by atoms with Gasteiger partial charge < -0.3 is 14.0 Å². The van der Waals surface area contributed by atoms with Crippen molar-refractivity contribution in [2.75, 3.05) is 0 Å². The highest BCUT2D eigenvalue weighted by Crippen LogP contribution is 2.47. The van der Waals surface area contributed by atoms with Gasteiger partial charge in [-0.15, -0.1) is 0 Å². The van der Waals surface area contributed by atoms with Gasteiger partial charge in [-0.05, 0) is 41.3 Å². The molecule has 50 heavy (non-hydrogen) atoms. The molecule has 3 aliphatic rings. The summed E-state index contributed by atoms with van der Waals surface area (Å²) in [6.45, 7) is -0.175. The molecule has 0 amide bonds. The smallest absolute Gasteiger partial charge is 0.260 e. The van der Waals surface area contributed by atoms with Crippen LogP contribution in [0.4, 0.5) is 0 Å². The van der Waals surface area contributed by atoms with Crippen LogP contribution in [0.25, 0.3) is 44.1 Å². The summed E-state index contributed by atoms with van der Waals surface area (Å²) in [5.74, 6) is 3.14. The van der Waals surface area contributed by atoms with Gasteiger partial charge in [0, 0.05) is 56.0 Å². The zero-order valence-electron chi connectivity index (χ0n) is 26.8. The van der Waals surface area contributed by atoms with Crippen molar-refractivity contribution in [3.05, 3.63) is 168 Å². The quantitative estimate of drug-likeness (QED) is 0.182. The van der Waals surface area contributed by atoms with Crippen molar-refractivity contribution in [1.82, 2.24) is 4.57 Å². The number of ether oxygens (including phenoxy) is 2. The second-order valence-electron chi connectivity index (χ2n) is 12.9.